The van der Waals surface area contributed by atoms with E-state index in [1.54, 1.807) is 23.1 Å². The van der Waals surface area contributed by atoms with E-state index in [1.807, 2.05) is 0 Å². The topological polar surface area (TPSA) is 97.0 Å². The first-order chi connectivity index (χ1) is 12.9. The summed E-state index contributed by atoms with van der Waals surface area (Å²) in [5.74, 6) is -0.743. The summed E-state index contributed by atoms with van der Waals surface area (Å²) in [5.41, 5.74) is 0.563. The Kier molecular flexibility index (Phi) is 6.19. The summed E-state index contributed by atoms with van der Waals surface area (Å²) in [4.78, 5) is 37.6. The van der Waals surface area contributed by atoms with Crippen molar-refractivity contribution in [3.05, 3.63) is 33.8 Å². The maximum absolute atomic E-state index is 12.1. The lowest BCUT2D eigenvalue weighted by Gasteiger charge is -2.26. The molecule has 27 heavy (non-hydrogen) atoms. The Morgan fingerprint density at radius 2 is 1.93 bits per heavy atom. The molecule has 0 radical (unpaired) electrons. The molecule has 0 unspecified atom stereocenters. The summed E-state index contributed by atoms with van der Waals surface area (Å²) in [6, 6.07) is 5.03. The minimum atomic E-state index is -0.559. The normalized spacial score (nSPS) is 17.3. The van der Waals surface area contributed by atoms with Gasteiger partial charge < -0.3 is 14.4 Å². The Bertz CT molecular complexity index is 814. The molecule has 0 aliphatic carbocycles. The van der Waals surface area contributed by atoms with Crippen molar-refractivity contribution in [1.29, 1.82) is 0 Å². The largest absolute Gasteiger partial charge is 0.483 e. The van der Waals surface area contributed by atoms with Crippen LogP contribution in [0.15, 0.2) is 28.2 Å². The summed E-state index contributed by atoms with van der Waals surface area (Å²) in [7, 11) is 0. The molecule has 0 spiro atoms. The molecular formula is C17H16BrN3O5S. The number of halogens is 1. The molecule has 10 heteroatoms. The number of carbonyl (C=O) groups is 3. The van der Waals surface area contributed by atoms with E-state index in [2.05, 4.69) is 26.6 Å². The van der Waals surface area contributed by atoms with Crippen molar-refractivity contribution in [3.63, 3.8) is 0 Å². The summed E-state index contributed by atoms with van der Waals surface area (Å²) in [6.07, 6.45) is 1.44. The predicted molar refractivity (Wildman–Crippen MR) is 104 cm³/mol. The summed E-state index contributed by atoms with van der Waals surface area (Å²) < 4.78 is 11.4. The Morgan fingerprint density at radius 3 is 2.56 bits per heavy atom. The quantitative estimate of drug-likeness (QED) is 0.393. The van der Waals surface area contributed by atoms with Crippen LogP contribution in [-0.4, -0.2) is 60.6 Å². The molecule has 2 aliphatic rings. The number of rotatable bonds is 4. The molecule has 0 saturated carbocycles. The van der Waals surface area contributed by atoms with E-state index in [-0.39, 0.29) is 23.2 Å². The molecular weight excluding hydrogens is 438 g/mol. The zero-order valence-corrected chi connectivity index (χ0v) is 16.5. The summed E-state index contributed by atoms with van der Waals surface area (Å²) in [6.45, 7) is 2.10. The molecule has 2 heterocycles. The second kappa shape index (κ2) is 8.59. The van der Waals surface area contributed by atoms with Gasteiger partial charge in [-0.3, -0.25) is 25.0 Å². The SMILES string of the molecule is O=C1NC(=S)NC(=O)C1=Cc1ccc(OCC(=O)N2CCOCC2)c(Br)c1. The third kappa shape index (κ3) is 4.90. The van der Waals surface area contributed by atoms with Crippen LogP contribution >= 0.6 is 28.1 Å². The van der Waals surface area contributed by atoms with Crippen LogP contribution in [-0.2, 0) is 19.1 Å². The van der Waals surface area contributed by atoms with Crippen LogP contribution in [0, 0.1) is 0 Å². The van der Waals surface area contributed by atoms with Gasteiger partial charge in [-0.1, -0.05) is 6.07 Å². The molecule has 2 fully saturated rings. The first kappa shape index (κ1) is 19.5. The zero-order valence-electron chi connectivity index (χ0n) is 14.1. The van der Waals surface area contributed by atoms with Crippen LogP contribution in [0.25, 0.3) is 6.08 Å². The third-order valence-electron chi connectivity index (χ3n) is 3.93. The number of carbonyl (C=O) groups excluding carboxylic acids is 3. The van der Waals surface area contributed by atoms with Gasteiger partial charge in [0.15, 0.2) is 11.7 Å². The Balaban J connectivity index is 1.66. The fourth-order valence-corrected chi connectivity index (χ4v) is 3.24. The molecule has 1 aromatic rings. The van der Waals surface area contributed by atoms with E-state index in [0.29, 0.717) is 42.1 Å². The van der Waals surface area contributed by atoms with Crippen LogP contribution in [0.2, 0.25) is 0 Å². The van der Waals surface area contributed by atoms with E-state index in [9.17, 15) is 14.4 Å². The highest BCUT2D eigenvalue weighted by Gasteiger charge is 2.25. The zero-order chi connectivity index (χ0) is 19.4. The maximum Gasteiger partial charge on any atom is 0.263 e. The van der Waals surface area contributed by atoms with Crippen LogP contribution < -0.4 is 15.4 Å². The van der Waals surface area contributed by atoms with E-state index < -0.39 is 11.8 Å². The molecule has 0 aromatic heterocycles. The third-order valence-corrected chi connectivity index (χ3v) is 4.75. The van der Waals surface area contributed by atoms with Gasteiger partial charge in [-0.25, -0.2) is 0 Å². The highest BCUT2D eigenvalue weighted by Crippen LogP contribution is 2.27. The van der Waals surface area contributed by atoms with Crippen LogP contribution in [0.1, 0.15) is 5.56 Å². The van der Waals surface area contributed by atoms with E-state index >= 15 is 0 Å². The van der Waals surface area contributed by atoms with Crippen LogP contribution in [0.4, 0.5) is 0 Å². The second-order valence-corrected chi connectivity index (χ2v) is 7.03. The summed E-state index contributed by atoms with van der Waals surface area (Å²) >= 11 is 8.14. The first-order valence-corrected chi connectivity index (χ1v) is 9.30. The minimum Gasteiger partial charge on any atom is -0.483 e. The van der Waals surface area contributed by atoms with Crippen LogP contribution in [0.3, 0.4) is 0 Å². The van der Waals surface area contributed by atoms with Crippen molar-refractivity contribution in [1.82, 2.24) is 15.5 Å². The van der Waals surface area contributed by atoms with Gasteiger partial charge in [0.1, 0.15) is 11.3 Å². The lowest BCUT2D eigenvalue weighted by molar-refractivity contribution is -0.137. The molecule has 1 aromatic carbocycles. The van der Waals surface area contributed by atoms with Gasteiger partial charge in [0.05, 0.1) is 17.7 Å². The number of benzene rings is 1. The van der Waals surface area contributed by atoms with Gasteiger partial charge in [-0.2, -0.15) is 0 Å². The molecule has 0 bridgehead atoms. The van der Waals surface area contributed by atoms with Gasteiger partial charge in [-0.05, 0) is 51.9 Å². The molecule has 8 nitrogen and oxygen atoms in total. The number of amides is 3. The summed E-state index contributed by atoms with van der Waals surface area (Å²) in [5, 5.41) is 4.73. The first-order valence-electron chi connectivity index (χ1n) is 8.10. The van der Waals surface area contributed by atoms with Crippen LogP contribution in [0.5, 0.6) is 5.75 Å². The minimum absolute atomic E-state index is 0.0167. The fourth-order valence-electron chi connectivity index (χ4n) is 2.54. The number of nitrogens with zero attached hydrogens (tertiary/aromatic N) is 1. The average molecular weight is 454 g/mol. The fraction of sp³-hybridized carbons (Fsp3) is 0.294. The standard InChI is InChI=1S/C17H16BrN3O5S/c18-12-8-10(7-11-15(23)19-17(27)20-16(11)24)1-2-13(12)26-9-14(22)21-3-5-25-6-4-21/h1-2,7-8H,3-6,9H2,(H2,19,20,23,24,27). The highest BCUT2D eigenvalue weighted by atomic mass is 79.9. The lowest BCUT2D eigenvalue weighted by Crippen LogP contribution is -2.51. The molecule has 3 rings (SSSR count). The van der Waals surface area contributed by atoms with Crippen molar-refractivity contribution < 1.29 is 23.9 Å². The van der Waals surface area contributed by atoms with Gasteiger partial charge in [-0.15, -0.1) is 0 Å². The van der Waals surface area contributed by atoms with Crippen molar-refractivity contribution in [3.8, 4) is 5.75 Å². The number of thiocarbonyl (C=S) groups is 1. The van der Waals surface area contributed by atoms with E-state index in [4.69, 9.17) is 21.7 Å². The Hall–Kier alpha value is -2.30. The average Bonchev–Trinajstić information content (AvgIpc) is 2.64. The number of morpholine rings is 1. The van der Waals surface area contributed by atoms with Crippen molar-refractivity contribution >= 4 is 57.1 Å². The molecule has 2 aliphatic heterocycles. The number of nitrogens with one attached hydrogen (secondary N) is 2. The Morgan fingerprint density at radius 1 is 1.26 bits per heavy atom. The monoisotopic (exact) mass is 453 g/mol. The van der Waals surface area contributed by atoms with Gasteiger partial charge in [0, 0.05) is 13.1 Å². The van der Waals surface area contributed by atoms with E-state index in [1.165, 1.54) is 6.08 Å². The van der Waals surface area contributed by atoms with E-state index in [0.717, 1.165) is 0 Å². The number of ether oxygens (including phenoxy) is 2. The lowest BCUT2D eigenvalue weighted by atomic mass is 10.1. The highest BCUT2D eigenvalue weighted by molar-refractivity contribution is 9.10. The molecule has 2 N–H and O–H groups in total. The number of hydrogen-bond donors (Lipinski definition) is 2. The van der Waals surface area contributed by atoms with Gasteiger partial charge >= 0.3 is 0 Å². The second-order valence-electron chi connectivity index (χ2n) is 5.77. The molecule has 142 valence electrons. The number of hydrogen-bond acceptors (Lipinski definition) is 6. The maximum atomic E-state index is 12.1. The smallest absolute Gasteiger partial charge is 0.263 e. The molecule has 3 amide bonds. The van der Waals surface area contributed by atoms with Crippen molar-refractivity contribution in [2.75, 3.05) is 32.9 Å². The van der Waals surface area contributed by atoms with Crippen molar-refractivity contribution in [2.24, 2.45) is 0 Å². The van der Waals surface area contributed by atoms with Crippen molar-refractivity contribution in [2.45, 2.75) is 0 Å². The Labute approximate surface area is 169 Å². The molecule has 0 atom stereocenters. The van der Waals surface area contributed by atoms with Gasteiger partial charge in [0.25, 0.3) is 17.7 Å². The predicted octanol–water partition coefficient (Wildman–Crippen LogP) is 0.601. The van der Waals surface area contributed by atoms with Gasteiger partial charge in [0.2, 0.25) is 0 Å². The molecule has 2 saturated heterocycles.